The van der Waals surface area contributed by atoms with Crippen molar-refractivity contribution in [1.29, 1.82) is 0 Å². The van der Waals surface area contributed by atoms with Crippen LogP contribution < -0.4 is 20.9 Å². The zero-order chi connectivity index (χ0) is 22.9. The standard InChI is InChI=1S/C25H34N4O3/c1-3-26-17-23(30)22(13-18-9-6-5-7-10-18)28-25(32)19-14-20(27-4-2)16-21(15-19)29-12-8-11-24(29)31/h5-7,9-10,14-16,22-23,26-27,30H,3-4,8,11-13,17H2,1-2H3,(H,28,32)/t22-,23+/m0/s1. The molecule has 172 valence electrons. The molecule has 1 heterocycles. The minimum atomic E-state index is -0.740. The van der Waals surface area contributed by atoms with Crippen molar-refractivity contribution in [2.45, 2.75) is 45.3 Å². The molecular weight excluding hydrogens is 404 g/mol. The van der Waals surface area contributed by atoms with Crippen molar-refractivity contribution in [2.24, 2.45) is 0 Å². The van der Waals surface area contributed by atoms with Crippen LogP contribution in [0.15, 0.2) is 48.5 Å². The van der Waals surface area contributed by atoms with E-state index in [-0.39, 0.29) is 11.8 Å². The monoisotopic (exact) mass is 438 g/mol. The fraction of sp³-hybridized carbons (Fsp3) is 0.440. The lowest BCUT2D eigenvalue weighted by Gasteiger charge is -2.25. The first-order valence-electron chi connectivity index (χ1n) is 11.4. The van der Waals surface area contributed by atoms with Gasteiger partial charge in [0.2, 0.25) is 5.91 Å². The first kappa shape index (κ1) is 23.8. The number of carbonyl (C=O) groups is 2. The minimum Gasteiger partial charge on any atom is -0.390 e. The molecule has 7 heteroatoms. The first-order chi connectivity index (χ1) is 15.5. The van der Waals surface area contributed by atoms with Crippen LogP contribution in [0.5, 0.6) is 0 Å². The maximum absolute atomic E-state index is 13.3. The number of nitrogens with zero attached hydrogens (tertiary/aromatic N) is 1. The first-order valence-corrected chi connectivity index (χ1v) is 11.4. The van der Waals surface area contributed by atoms with E-state index in [2.05, 4.69) is 16.0 Å². The van der Waals surface area contributed by atoms with E-state index in [0.717, 1.165) is 29.9 Å². The van der Waals surface area contributed by atoms with Crippen LogP contribution in [0.1, 0.15) is 42.6 Å². The number of benzene rings is 2. The van der Waals surface area contributed by atoms with Gasteiger partial charge >= 0.3 is 0 Å². The number of amides is 2. The van der Waals surface area contributed by atoms with Crippen LogP contribution in [0.25, 0.3) is 0 Å². The highest BCUT2D eigenvalue weighted by molar-refractivity contribution is 6.00. The Hall–Kier alpha value is -2.90. The molecule has 4 N–H and O–H groups in total. The Kier molecular flexibility index (Phi) is 8.64. The van der Waals surface area contributed by atoms with Crippen molar-refractivity contribution in [3.8, 4) is 0 Å². The summed E-state index contributed by atoms with van der Waals surface area (Å²) in [5.41, 5.74) is 3.02. The summed E-state index contributed by atoms with van der Waals surface area (Å²) in [5.74, 6) is -0.192. The quantitative estimate of drug-likeness (QED) is 0.433. The van der Waals surface area contributed by atoms with E-state index >= 15 is 0 Å². The Bertz CT molecular complexity index is 903. The molecule has 0 aromatic heterocycles. The lowest BCUT2D eigenvalue weighted by Crippen LogP contribution is -2.48. The van der Waals surface area contributed by atoms with Crippen molar-refractivity contribution in [1.82, 2.24) is 10.6 Å². The smallest absolute Gasteiger partial charge is 0.251 e. The maximum atomic E-state index is 13.3. The summed E-state index contributed by atoms with van der Waals surface area (Å²) in [6.45, 7) is 6.45. The molecule has 1 aliphatic heterocycles. The van der Waals surface area contributed by atoms with E-state index in [0.29, 0.717) is 38.0 Å². The summed E-state index contributed by atoms with van der Waals surface area (Å²) < 4.78 is 0. The van der Waals surface area contributed by atoms with Crippen LogP contribution in [-0.4, -0.2) is 55.2 Å². The van der Waals surface area contributed by atoms with Gasteiger partial charge in [0.25, 0.3) is 5.91 Å². The van der Waals surface area contributed by atoms with Gasteiger partial charge in [-0.3, -0.25) is 9.59 Å². The Labute approximate surface area is 190 Å². The predicted molar refractivity (Wildman–Crippen MR) is 128 cm³/mol. The number of aliphatic hydroxyl groups is 1. The van der Waals surface area contributed by atoms with E-state index in [1.165, 1.54) is 0 Å². The van der Waals surface area contributed by atoms with Gasteiger partial charge in [-0.15, -0.1) is 0 Å². The third-order valence-electron chi connectivity index (χ3n) is 5.63. The van der Waals surface area contributed by atoms with Crippen molar-refractivity contribution in [3.05, 3.63) is 59.7 Å². The summed E-state index contributed by atoms with van der Waals surface area (Å²) in [6, 6.07) is 14.8. The van der Waals surface area contributed by atoms with Gasteiger partial charge in [0, 0.05) is 43.0 Å². The highest BCUT2D eigenvalue weighted by Crippen LogP contribution is 2.26. The summed E-state index contributed by atoms with van der Waals surface area (Å²) in [5, 5.41) is 20.2. The number of aliphatic hydroxyl groups excluding tert-OH is 1. The molecule has 1 aliphatic rings. The van der Waals surface area contributed by atoms with Crippen molar-refractivity contribution in [2.75, 3.05) is 36.4 Å². The van der Waals surface area contributed by atoms with Crippen molar-refractivity contribution < 1.29 is 14.7 Å². The van der Waals surface area contributed by atoms with Crippen LogP contribution in [0.2, 0.25) is 0 Å². The Morgan fingerprint density at radius 1 is 1.12 bits per heavy atom. The second-order valence-corrected chi connectivity index (χ2v) is 8.09. The van der Waals surface area contributed by atoms with E-state index in [9.17, 15) is 14.7 Å². The Morgan fingerprint density at radius 2 is 1.91 bits per heavy atom. The minimum absolute atomic E-state index is 0.0769. The van der Waals surface area contributed by atoms with Crippen LogP contribution >= 0.6 is 0 Å². The summed E-state index contributed by atoms with van der Waals surface area (Å²) >= 11 is 0. The highest BCUT2D eigenvalue weighted by atomic mass is 16.3. The fourth-order valence-corrected chi connectivity index (χ4v) is 3.96. The van der Waals surface area contributed by atoms with E-state index < -0.39 is 12.1 Å². The summed E-state index contributed by atoms with van der Waals surface area (Å²) in [6.07, 6.45) is 1.13. The number of anilines is 2. The number of rotatable bonds is 11. The molecule has 1 fully saturated rings. The normalized spacial score (nSPS) is 15.5. The van der Waals surface area contributed by atoms with Gasteiger partial charge in [-0.1, -0.05) is 37.3 Å². The summed E-state index contributed by atoms with van der Waals surface area (Å²) in [4.78, 5) is 27.3. The zero-order valence-corrected chi connectivity index (χ0v) is 18.9. The average molecular weight is 439 g/mol. The Balaban J connectivity index is 1.83. The second kappa shape index (κ2) is 11.6. The van der Waals surface area contributed by atoms with Crippen molar-refractivity contribution >= 4 is 23.2 Å². The molecule has 2 atom stereocenters. The number of likely N-dealkylation sites (N-methyl/N-ethyl adjacent to an activating group) is 1. The number of nitrogens with one attached hydrogen (secondary N) is 3. The van der Waals surface area contributed by atoms with Crippen molar-refractivity contribution in [3.63, 3.8) is 0 Å². The fourth-order valence-electron chi connectivity index (χ4n) is 3.96. The van der Waals surface area contributed by atoms with E-state index in [1.54, 1.807) is 17.0 Å². The third kappa shape index (κ3) is 6.31. The molecule has 3 rings (SSSR count). The summed E-state index contributed by atoms with van der Waals surface area (Å²) in [7, 11) is 0. The molecule has 2 aromatic carbocycles. The molecule has 2 amide bonds. The largest absolute Gasteiger partial charge is 0.390 e. The van der Waals surface area contributed by atoms with E-state index in [1.807, 2.05) is 50.2 Å². The molecule has 0 aliphatic carbocycles. The van der Waals surface area contributed by atoms with Crippen LogP contribution in [0.4, 0.5) is 11.4 Å². The van der Waals surface area contributed by atoms with Gasteiger partial charge in [-0.25, -0.2) is 0 Å². The molecule has 2 aromatic rings. The zero-order valence-electron chi connectivity index (χ0n) is 18.9. The maximum Gasteiger partial charge on any atom is 0.251 e. The van der Waals surface area contributed by atoms with Crippen LogP contribution in [-0.2, 0) is 11.2 Å². The Morgan fingerprint density at radius 3 is 2.56 bits per heavy atom. The average Bonchev–Trinajstić information content (AvgIpc) is 3.23. The number of hydrogen-bond donors (Lipinski definition) is 4. The van der Waals surface area contributed by atoms with Crippen LogP contribution in [0, 0.1) is 0 Å². The van der Waals surface area contributed by atoms with E-state index in [4.69, 9.17) is 0 Å². The van der Waals surface area contributed by atoms with Gasteiger partial charge in [0.1, 0.15) is 0 Å². The lowest BCUT2D eigenvalue weighted by molar-refractivity contribution is -0.117. The van der Waals surface area contributed by atoms with Gasteiger partial charge in [-0.2, -0.15) is 0 Å². The molecule has 7 nitrogen and oxygen atoms in total. The lowest BCUT2D eigenvalue weighted by atomic mass is 10.00. The molecule has 0 bridgehead atoms. The number of carbonyl (C=O) groups excluding carboxylic acids is 2. The van der Waals surface area contributed by atoms with Gasteiger partial charge in [-0.05, 0) is 50.1 Å². The highest BCUT2D eigenvalue weighted by Gasteiger charge is 2.25. The molecule has 1 saturated heterocycles. The molecule has 0 spiro atoms. The molecule has 0 saturated carbocycles. The van der Waals surface area contributed by atoms with Gasteiger partial charge in [0.15, 0.2) is 0 Å². The van der Waals surface area contributed by atoms with Gasteiger partial charge < -0.3 is 26.0 Å². The second-order valence-electron chi connectivity index (χ2n) is 8.09. The molecule has 32 heavy (non-hydrogen) atoms. The SMILES string of the molecule is CCNC[C@@H](O)[C@H](Cc1ccccc1)NC(=O)c1cc(NCC)cc(N2CCCC2=O)c1. The topological polar surface area (TPSA) is 93.7 Å². The number of hydrogen-bond acceptors (Lipinski definition) is 5. The third-order valence-corrected chi connectivity index (χ3v) is 5.63. The molecular formula is C25H34N4O3. The van der Waals surface area contributed by atoms with Gasteiger partial charge in [0.05, 0.1) is 12.1 Å². The molecule has 0 radical (unpaired) electrons. The predicted octanol–water partition coefficient (Wildman–Crippen LogP) is 2.56. The van der Waals surface area contributed by atoms with Crippen LogP contribution in [0.3, 0.4) is 0 Å². The molecule has 0 unspecified atom stereocenters.